The van der Waals surface area contributed by atoms with Crippen molar-refractivity contribution in [2.45, 2.75) is 31.7 Å². The van der Waals surface area contributed by atoms with Crippen LogP contribution < -0.4 is 10.6 Å². The Hall–Kier alpha value is -1.06. The van der Waals surface area contributed by atoms with E-state index < -0.39 is 0 Å². The van der Waals surface area contributed by atoms with E-state index in [9.17, 15) is 4.79 Å². The maximum atomic E-state index is 11.4. The van der Waals surface area contributed by atoms with Crippen LogP contribution in [0.2, 0.25) is 5.02 Å². The van der Waals surface area contributed by atoms with Crippen LogP contribution in [0, 0.1) is 0 Å². The molecule has 0 bridgehead atoms. The van der Waals surface area contributed by atoms with Gasteiger partial charge in [-0.25, -0.2) is 0 Å². The molecule has 1 saturated heterocycles. The van der Waals surface area contributed by atoms with Crippen molar-refractivity contribution in [3.8, 4) is 0 Å². The first-order valence-electron chi connectivity index (χ1n) is 6.34. The third-order valence-electron chi connectivity index (χ3n) is 3.37. The van der Waals surface area contributed by atoms with Crippen molar-refractivity contribution in [2.75, 3.05) is 13.1 Å². The summed E-state index contributed by atoms with van der Waals surface area (Å²) in [7, 11) is 0. The highest BCUT2D eigenvalue weighted by Gasteiger charge is 2.32. The number of piperidine rings is 1. The monoisotopic (exact) mass is 266 g/mol. The number of nitrogens with one attached hydrogen (secondary N) is 2. The van der Waals surface area contributed by atoms with Crippen molar-refractivity contribution in [1.82, 2.24) is 10.6 Å². The Morgan fingerprint density at radius 3 is 2.72 bits per heavy atom. The molecular formula is C14H19ClN2O. The molecule has 3 nitrogen and oxygen atoms in total. The number of carbonyl (C=O) groups is 1. The van der Waals surface area contributed by atoms with Crippen molar-refractivity contribution >= 4 is 17.5 Å². The van der Waals surface area contributed by atoms with Crippen LogP contribution in [0.25, 0.3) is 0 Å². The highest BCUT2D eigenvalue weighted by molar-refractivity contribution is 6.30. The Balaban J connectivity index is 2.13. The van der Waals surface area contributed by atoms with E-state index in [-0.39, 0.29) is 11.4 Å². The molecule has 2 rings (SSSR count). The molecular weight excluding hydrogens is 248 g/mol. The van der Waals surface area contributed by atoms with Gasteiger partial charge in [-0.1, -0.05) is 23.7 Å². The van der Waals surface area contributed by atoms with Gasteiger partial charge >= 0.3 is 0 Å². The van der Waals surface area contributed by atoms with Gasteiger partial charge in [-0.05, 0) is 43.5 Å². The van der Waals surface area contributed by atoms with Gasteiger partial charge in [-0.2, -0.15) is 0 Å². The Kier molecular flexibility index (Phi) is 4.25. The number of halogens is 1. The second-order valence-corrected chi connectivity index (χ2v) is 5.48. The zero-order valence-corrected chi connectivity index (χ0v) is 11.4. The molecule has 1 amide bonds. The van der Waals surface area contributed by atoms with Gasteiger partial charge in [-0.15, -0.1) is 0 Å². The largest absolute Gasteiger partial charge is 0.349 e. The molecule has 1 fully saturated rings. The van der Waals surface area contributed by atoms with Crippen molar-refractivity contribution in [2.24, 2.45) is 0 Å². The first kappa shape index (κ1) is 13.4. The van der Waals surface area contributed by atoms with E-state index in [4.69, 9.17) is 11.6 Å². The van der Waals surface area contributed by atoms with Crippen molar-refractivity contribution in [3.63, 3.8) is 0 Å². The zero-order valence-electron chi connectivity index (χ0n) is 10.6. The lowest BCUT2D eigenvalue weighted by atomic mass is 9.84. The summed E-state index contributed by atoms with van der Waals surface area (Å²) in [5.74, 6) is 0.0349. The fraction of sp³-hybridized carbons (Fsp3) is 0.500. The molecule has 1 heterocycles. The topological polar surface area (TPSA) is 41.1 Å². The minimum atomic E-state index is -0.155. The highest BCUT2D eigenvalue weighted by Crippen LogP contribution is 2.22. The number of hydrogen-bond acceptors (Lipinski definition) is 2. The molecule has 0 spiro atoms. The third kappa shape index (κ3) is 3.47. The van der Waals surface area contributed by atoms with Gasteiger partial charge in [0, 0.05) is 18.5 Å². The summed E-state index contributed by atoms with van der Waals surface area (Å²) in [5, 5.41) is 7.24. The maximum Gasteiger partial charge on any atom is 0.217 e. The molecule has 0 saturated carbocycles. The van der Waals surface area contributed by atoms with E-state index in [1.165, 1.54) is 5.56 Å². The SMILES string of the molecule is CC(=O)NC1(Cc2ccc(Cl)cc2)CCCNC1. The van der Waals surface area contributed by atoms with Crippen LogP contribution in [-0.4, -0.2) is 24.5 Å². The van der Waals surface area contributed by atoms with Gasteiger partial charge in [0.1, 0.15) is 0 Å². The van der Waals surface area contributed by atoms with E-state index in [2.05, 4.69) is 10.6 Å². The highest BCUT2D eigenvalue weighted by atomic mass is 35.5. The summed E-state index contributed by atoms with van der Waals surface area (Å²) in [5.41, 5.74) is 1.05. The fourth-order valence-electron chi connectivity index (χ4n) is 2.64. The lowest BCUT2D eigenvalue weighted by Crippen LogP contribution is -2.58. The molecule has 0 aromatic heterocycles. The van der Waals surface area contributed by atoms with E-state index in [1.54, 1.807) is 6.92 Å². The molecule has 4 heteroatoms. The van der Waals surface area contributed by atoms with Gasteiger partial charge in [-0.3, -0.25) is 4.79 Å². The van der Waals surface area contributed by atoms with Gasteiger partial charge in [0.15, 0.2) is 0 Å². The van der Waals surface area contributed by atoms with E-state index in [1.807, 2.05) is 24.3 Å². The maximum absolute atomic E-state index is 11.4. The van der Waals surface area contributed by atoms with Crippen LogP contribution in [-0.2, 0) is 11.2 Å². The molecule has 0 radical (unpaired) electrons. The van der Waals surface area contributed by atoms with Crippen LogP contribution in [0.15, 0.2) is 24.3 Å². The predicted molar refractivity (Wildman–Crippen MR) is 73.8 cm³/mol. The molecule has 1 aromatic carbocycles. The Bertz CT molecular complexity index is 410. The lowest BCUT2D eigenvalue weighted by molar-refractivity contribution is -0.121. The predicted octanol–water partition coefficient (Wildman–Crippen LogP) is 2.14. The molecule has 1 unspecified atom stereocenters. The minimum Gasteiger partial charge on any atom is -0.349 e. The number of rotatable bonds is 3. The molecule has 0 aliphatic carbocycles. The normalized spacial score (nSPS) is 23.7. The van der Waals surface area contributed by atoms with Gasteiger partial charge < -0.3 is 10.6 Å². The summed E-state index contributed by atoms with van der Waals surface area (Å²) in [6.07, 6.45) is 2.95. The summed E-state index contributed by atoms with van der Waals surface area (Å²) < 4.78 is 0. The minimum absolute atomic E-state index is 0.0349. The molecule has 18 heavy (non-hydrogen) atoms. The summed E-state index contributed by atoms with van der Waals surface area (Å²) in [6.45, 7) is 3.44. The quantitative estimate of drug-likeness (QED) is 0.880. The first-order valence-corrected chi connectivity index (χ1v) is 6.71. The van der Waals surface area contributed by atoms with Crippen molar-refractivity contribution in [3.05, 3.63) is 34.9 Å². The Labute approximate surface area is 113 Å². The second kappa shape index (κ2) is 5.72. The fourth-order valence-corrected chi connectivity index (χ4v) is 2.76. The van der Waals surface area contributed by atoms with E-state index in [0.717, 1.165) is 37.4 Å². The van der Waals surface area contributed by atoms with E-state index in [0.29, 0.717) is 0 Å². The summed E-state index contributed by atoms with van der Waals surface area (Å²) >= 11 is 5.89. The van der Waals surface area contributed by atoms with E-state index >= 15 is 0 Å². The third-order valence-corrected chi connectivity index (χ3v) is 3.62. The number of benzene rings is 1. The molecule has 2 N–H and O–H groups in total. The second-order valence-electron chi connectivity index (χ2n) is 5.05. The molecule has 1 atom stereocenters. The van der Waals surface area contributed by atoms with Gasteiger partial charge in [0.2, 0.25) is 5.91 Å². The molecule has 1 aliphatic heterocycles. The number of hydrogen-bond donors (Lipinski definition) is 2. The first-order chi connectivity index (χ1) is 8.60. The lowest BCUT2D eigenvalue weighted by Gasteiger charge is -2.38. The Morgan fingerprint density at radius 2 is 2.17 bits per heavy atom. The van der Waals surface area contributed by atoms with Crippen LogP contribution >= 0.6 is 11.6 Å². The molecule has 1 aliphatic rings. The summed E-state index contributed by atoms with van der Waals surface area (Å²) in [4.78, 5) is 11.4. The average Bonchev–Trinajstić information content (AvgIpc) is 2.32. The van der Waals surface area contributed by atoms with Crippen molar-refractivity contribution in [1.29, 1.82) is 0 Å². The van der Waals surface area contributed by atoms with Crippen LogP contribution in [0.5, 0.6) is 0 Å². The summed E-state index contributed by atoms with van der Waals surface area (Å²) in [6, 6.07) is 7.85. The van der Waals surface area contributed by atoms with Crippen LogP contribution in [0.3, 0.4) is 0 Å². The van der Waals surface area contributed by atoms with Crippen molar-refractivity contribution < 1.29 is 4.79 Å². The van der Waals surface area contributed by atoms with Crippen LogP contribution in [0.4, 0.5) is 0 Å². The van der Waals surface area contributed by atoms with Gasteiger partial charge in [0.25, 0.3) is 0 Å². The number of amides is 1. The average molecular weight is 267 g/mol. The van der Waals surface area contributed by atoms with Crippen LogP contribution in [0.1, 0.15) is 25.3 Å². The zero-order chi connectivity index (χ0) is 13.0. The molecule has 98 valence electrons. The number of carbonyl (C=O) groups excluding carboxylic acids is 1. The smallest absolute Gasteiger partial charge is 0.217 e. The molecule has 1 aromatic rings. The Morgan fingerprint density at radius 1 is 1.44 bits per heavy atom. The van der Waals surface area contributed by atoms with Gasteiger partial charge in [0.05, 0.1) is 5.54 Å². The standard InChI is InChI=1S/C14H19ClN2O/c1-11(18)17-14(7-2-8-16-10-14)9-12-3-5-13(15)6-4-12/h3-6,16H,2,7-10H2,1H3,(H,17,18).